The summed E-state index contributed by atoms with van der Waals surface area (Å²) in [5, 5.41) is 2.91. The first-order valence-electron chi connectivity index (χ1n) is 9.07. The van der Waals surface area contributed by atoms with E-state index in [9.17, 15) is 4.79 Å². The van der Waals surface area contributed by atoms with Gasteiger partial charge in [0.05, 0.1) is 6.61 Å². The van der Waals surface area contributed by atoms with E-state index < -0.39 is 0 Å². The summed E-state index contributed by atoms with van der Waals surface area (Å²) < 4.78 is 12.7. The van der Waals surface area contributed by atoms with Crippen molar-refractivity contribution in [1.29, 1.82) is 0 Å². The number of hydrogen-bond donors (Lipinski definition) is 1. The predicted octanol–water partition coefficient (Wildman–Crippen LogP) is 5.83. The Hall–Kier alpha value is -2.54. The Morgan fingerprint density at radius 3 is 2.46 bits per heavy atom. The Labute approximate surface area is 179 Å². The van der Waals surface area contributed by atoms with Gasteiger partial charge in [-0.1, -0.05) is 35.9 Å². The average Bonchev–Trinajstić information content (AvgIpc) is 2.68. The van der Waals surface area contributed by atoms with Gasteiger partial charge in [-0.3, -0.25) is 4.79 Å². The number of carbonyl (C=O) groups excluding carboxylic acids is 1. The molecule has 1 amide bonds. The molecule has 0 unspecified atom stereocenters. The summed E-state index contributed by atoms with van der Waals surface area (Å²) >= 11 is 2.22. The van der Waals surface area contributed by atoms with Gasteiger partial charge in [0.25, 0.3) is 5.91 Å². The maximum absolute atomic E-state index is 12.6. The van der Waals surface area contributed by atoms with Crippen LogP contribution in [0.25, 0.3) is 0 Å². The summed E-state index contributed by atoms with van der Waals surface area (Å²) in [7, 11) is 0. The molecule has 3 aromatic carbocycles. The van der Waals surface area contributed by atoms with E-state index in [4.69, 9.17) is 9.47 Å². The topological polar surface area (TPSA) is 47.6 Å². The summed E-state index contributed by atoms with van der Waals surface area (Å²) in [4.78, 5) is 12.6. The number of halogens is 1. The standard InChI is InChI=1S/C23H22INO3/c1-3-27-22-13-18(23(26)25-20-6-4-5-19(24)14-20)11-12-21(22)28-15-17-9-7-16(2)8-10-17/h4-14H,3,15H2,1-2H3,(H,25,26). The molecule has 0 fully saturated rings. The minimum atomic E-state index is -0.187. The van der Waals surface area contributed by atoms with E-state index >= 15 is 0 Å². The molecule has 4 nitrogen and oxygen atoms in total. The second-order valence-electron chi connectivity index (χ2n) is 6.33. The molecule has 0 radical (unpaired) electrons. The Morgan fingerprint density at radius 1 is 0.964 bits per heavy atom. The van der Waals surface area contributed by atoms with Crippen LogP contribution >= 0.6 is 22.6 Å². The lowest BCUT2D eigenvalue weighted by Crippen LogP contribution is -2.12. The van der Waals surface area contributed by atoms with Crippen LogP contribution in [0.2, 0.25) is 0 Å². The number of aryl methyl sites for hydroxylation is 1. The van der Waals surface area contributed by atoms with Gasteiger partial charge in [-0.15, -0.1) is 0 Å². The number of benzene rings is 3. The highest BCUT2D eigenvalue weighted by molar-refractivity contribution is 14.1. The molecule has 1 N–H and O–H groups in total. The number of ether oxygens (including phenoxy) is 2. The van der Waals surface area contributed by atoms with Crippen LogP contribution in [-0.4, -0.2) is 12.5 Å². The molecular weight excluding hydrogens is 465 g/mol. The lowest BCUT2D eigenvalue weighted by atomic mass is 10.1. The third-order valence-electron chi connectivity index (χ3n) is 4.10. The van der Waals surface area contributed by atoms with Crippen molar-refractivity contribution in [2.75, 3.05) is 11.9 Å². The summed E-state index contributed by atoms with van der Waals surface area (Å²) in [6.07, 6.45) is 0. The van der Waals surface area contributed by atoms with Gasteiger partial charge in [-0.05, 0) is 78.4 Å². The van der Waals surface area contributed by atoms with Crippen molar-refractivity contribution in [3.05, 3.63) is 87.0 Å². The molecule has 5 heteroatoms. The van der Waals surface area contributed by atoms with Gasteiger partial charge in [0.1, 0.15) is 6.61 Å². The third-order valence-corrected chi connectivity index (χ3v) is 4.77. The van der Waals surface area contributed by atoms with E-state index in [1.54, 1.807) is 18.2 Å². The van der Waals surface area contributed by atoms with Gasteiger partial charge in [0.2, 0.25) is 0 Å². The van der Waals surface area contributed by atoms with E-state index in [1.165, 1.54) is 5.56 Å². The number of hydrogen-bond acceptors (Lipinski definition) is 3. The van der Waals surface area contributed by atoms with Crippen LogP contribution in [0.5, 0.6) is 11.5 Å². The van der Waals surface area contributed by atoms with Crippen LogP contribution in [0, 0.1) is 10.5 Å². The summed E-state index contributed by atoms with van der Waals surface area (Å²) in [5.74, 6) is 0.992. The van der Waals surface area contributed by atoms with E-state index in [2.05, 4.69) is 47.0 Å². The Kier molecular flexibility index (Phi) is 6.92. The molecule has 0 aromatic heterocycles. The highest BCUT2D eigenvalue weighted by Crippen LogP contribution is 2.30. The van der Waals surface area contributed by atoms with Crippen molar-refractivity contribution in [3.8, 4) is 11.5 Å². The second kappa shape index (κ2) is 9.59. The maximum atomic E-state index is 12.6. The van der Waals surface area contributed by atoms with Gasteiger partial charge in [-0.25, -0.2) is 0 Å². The molecule has 0 bridgehead atoms. The van der Waals surface area contributed by atoms with E-state index in [-0.39, 0.29) is 5.91 Å². The lowest BCUT2D eigenvalue weighted by Gasteiger charge is -2.14. The first-order valence-corrected chi connectivity index (χ1v) is 10.1. The lowest BCUT2D eigenvalue weighted by molar-refractivity contribution is 0.102. The van der Waals surface area contributed by atoms with Gasteiger partial charge >= 0.3 is 0 Å². The Morgan fingerprint density at radius 2 is 1.75 bits per heavy atom. The summed E-state index contributed by atoms with van der Waals surface area (Å²) in [5.41, 5.74) is 3.57. The SMILES string of the molecule is CCOc1cc(C(=O)Nc2cccc(I)c2)ccc1OCc1ccc(C)cc1. The fourth-order valence-electron chi connectivity index (χ4n) is 2.65. The molecule has 0 aliphatic heterocycles. The molecule has 28 heavy (non-hydrogen) atoms. The molecule has 0 spiro atoms. The number of rotatable bonds is 7. The first-order chi connectivity index (χ1) is 13.5. The van der Waals surface area contributed by atoms with Crippen molar-refractivity contribution in [2.24, 2.45) is 0 Å². The van der Waals surface area contributed by atoms with Crippen LogP contribution in [0.3, 0.4) is 0 Å². The fraction of sp³-hybridized carbons (Fsp3) is 0.174. The highest BCUT2D eigenvalue weighted by Gasteiger charge is 2.12. The Balaban J connectivity index is 1.74. The first kappa shape index (κ1) is 20.2. The molecule has 0 heterocycles. The van der Waals surface area contributed by atoms with E-state index in [0.717, 1.165) is 14.8 Å². The molecule has 0 saturated heterocycles. The summed E-state index contributed by atoms with van der Waals surface area (Å²) in [6, 6.07) is 21.1. The fourth-order valence-corrected chi connectivity index (χ4v) is 3.19. The molecular formula is C23H22INO3. The molecule has 0 saturated carbocycles. The normalized spacial score (nSPS) is 10.4. The Bertz CT molecular complexity index is 954. The smallest absolute Gasteiger partial charge is 0.255 e. The second-order valence-corrected chi connectivity index (χ2v) is 7.58. The predicted molar refractivity (Wildman–Crippen MR) is 120 cm³/mol. The largest absolute Gasteiger partial charge is 0.490 e. The van der Waals surface area contributed by atoms with Crippen molar-refractivity contribution < 1.29 is 14.3 Å². The number of carbonyl (C=O) groups is 1. The quantitative estimate of drug-likeness (QED) is 0.427. The van der Waals surface area contributed by atoms with Crippen LogP contribution in [0.15, 0.2) is 66.7 Å². The minimum Gasteiger partial charge on any atom is -0.490 e. The van der Waals surface area contributed by atoms with E-state index in [0.29, 0.717) is 30.3 Å². The number of nitrogens with one attached hydrogen (secondary N) is 1. The number of amides is 1. The zero-order valence-electron chi connectivity index (χ0n) is 15.9. The monoisotopic (exact) mass is 487 g/mol. The summed E-state index contributed by atoms with van der Waals surface area (Å²) in [6.45, 7) is 4.89. The van der Waals surface area contributed by atoms with E-state index in [1.807, 2.05) is 43.3 Å². The molecule has 0 aliphatic rings. The molecule has 0 atom stereocenters. The molecule has 144 valence electrons. The van der Waals surface area contributed by atoms with Crippen molar-refractivity contribution in [3.63, 3.8) is 0 Å². The molecule has 0 aliphatic carbocycles. The molecule has 3 rings (SSSR count). The third kappa shape index (κ3) is 5.48. The van der Waals surface area contributed by atoms with Crippen LogP contribution < -0.4 is 14.8 Å². The van der Waals surface area contributed by atoms with Crippen LogP contribution in [0.4, 0.5) is 5.69 Å². The number of anilines is 1. The van der Waals surface area contributed by atoms with Crippen LogP contribution in [-0.2, 0) is 6.61 Å². The van der Waals surface area contributed by atoms with Crippen molar-refractivity contribution in [2.45, 2.75) is 20.5 Å². The van der Waals surface area contributed by atoms with Gasteiger partial charge in [0, 0.05) is 14.8 Å². The van der Waals surface area contributed by atoms with Crippen LogP contribution in [0.1, 0.15) is 28.4 Å². The van der Waals surface area contributed by atoms with Gasteiger partial charge in [-0.2, -0.15) is 0 Å². The van der Waals surface area contributed by atoms with Gasteiger partial charge in [0.15, 0.2) is 11.5 Å². The highest BCUT2D eigenvalue weighted by atomic mass is 127. The van der Waals surface area contributed by atoms with Gasteiger partial charge < -0.3 is 14.8 Å². The molecule has 3 aromatic rings. The van der Waals surface area contributed by atoms with Crippen molar-refractivity contribution >= 4 is 34.2 Å². The maximum Gasteiger partial charge on any atom is 0.255 e. The zero-order valence-corrected chi connectivity index (χ0v) is 18.0. The van der Waals surface area contributed by atoms with Crippen molar-refractivity contribution in [1.82, 2.24) is 0 Å². The average molecular weight is 487 g/mol. The zero-order chi connectivity index (χ0) is 19.9. The minimum absolute atomic E-state index is 0.187.